The fraction of sp³-hybridized carbons (Fsp3) is 0.500. The minimum atomic E-state index is -1.02. The van der Waals surface area contributed by atoms with Gasteiger partial charge in [0, 0.05) is 20.3 Å². The molecule has 1 atom stereocenters. The van der Waals surface area contributed by atoms with Gasteiger partial charge < -0.3 is 15.2 Å². The summed E-state index contributed by atoms with van der Waals surface area (Å²) in [6.45, 7) is 0.570. The van der Waals surface area contributed by atoms with Crippen molar-refractivity contribution in [2.45, 2.75) is 18.3 Å². The van der Waals surface area contributed by atoms with Gasteiger partial charge in [0.1, 0.15) is 11.2 Å². The molecule has 0 heterocycles. The van der Waals surface area contributed by atoms with Crippen molar-refractivity contribution < 1.29 is 18.7 Å². The molecule has 5 heteroatoms. The van der Waals surface area contributed by atoms with E-state index in [-0.39, 0.29) is 6.54 Å². The number of carbonyl (C=O) groups is 1. The zero-order valence-electron chi connectivity index (χ0n) is 11.3. The molecule has 0 bridgehead atoms. The highest BCUT2D eigenvalue weighted by Gasteiger charge is 2.39. The van der Waals surface area contributed by atoms with Gasteiger partial charge in [-0.3, -0.25) is 4.79 Å². The van der Waals surface area contributed by atoms with Gasteiger partial charge in [-0.2, -0.15) is 0 Å². The Morgan fingerprint density at radius 3 is 2.68 bits per heavy atom. The minimum absolute atomic E-state index is 0.0623. The standard InChI is InChI=1S/C14H20FNO3/c1-18-8-4-7-14(10-16,13(17)19-2)11-5-3-6-12(15)9-11/h3,5-6,9H,4,7-8,10,16H2,1-2H3. The highest BCUT2D eigenvalue weighted by atomic mass is 19.1. The molecular formula is C14H20FNO3. The number of methoxy groups -OCH3 is 2. The summed E-state index contributed by atoms with van der Waals surface area (Å²) < 4.78 is 23.2. The molecule has 4 nitrogen and oxygen atoms in total. The first-order chi connectivity index (χ1) is 9.10. The number of nitrogens with two attached hydrogens (primary N) is 1. The van der Waals surface area contributed by atoms with Gasteiger partial charge in [-0.25, -0.2) is 4.39 Å². The number of benzene rings is 1. The molecule has 0 radical (unpaired) electrons. The summed E-state index contributed by atoms with van der Waals surface area (Å²) in [5, 5.41) is 0. The van der Waals surface area contributed by atoms with Crippen LogP contribution in [0.3, 0.4) is 0 Å². The minimum Gasteiger partial charge on any atom is -0.468 e. The number of carbonyl (C=O) groups excluding carboxylic acids is 1. The fourth-order valence-electron chi connectivity index (χ4n) is 2.17. The van der Waals surface area contributed by atoms with E-state index in [1.807, 2.05) is 0 Å². The molecule has 0 aliphatic rings. The molecule has 0 aliphatic carbocycles. The lowest BCUT2D eigenvalue weighted by atomic mass is 9.76. The van der Waals surface area contributed by atoms with Crippen molar-refractivity contribution in [3.05, 3.63) is 35.6 Å². The summed E-state index contributed by atoms with van der Waals surface area (Å²) in [5.74, 6) is -0.845. The van der Waals surface area contributed by atoms with Gasteiger partial charge in [-0.05, 0) is 30.5 Å². The van der Waals surface area contributed by atoms with Crippen LogP contribution in [-0.2, 0) is 19.7 Å². The smallest absolute Gasteiger partial charge is 0.317 e. The predicted octanol–water partition coefficient (Wildman–Crippen LogP) is 1.62. The molecule has 0 aromatic heterocycles. The Hall–Kier alpha value is -1.46. The van der Waals surface area contributed by atoms with Crippen molar-refractivity contribution >= 4 is 5.97 Å². The number of rotatable bonds is 7. The topological polar surface area (TPSA) is 61.5 Å². The first kappa shape index (κ1) is 15.6. The van der Waals surface area contributed by atoms with Crippen LogP contribution in [0.15, 0.2) is 24.3 Å². The van der Waals surface area contributed by atoms with E-state index >= 15 is 0 Å². The molecule has 1 rings (SSSR count). The van der Waals surface area contributed by atoms with E-state index < -0.39 is 17.2 Å². The van der Waals surface area contributed by atoms with Gasteiger partial charge in [0.05, 0.1) is 7.11 Å². The molecular weight excluding hydrogens is 249 g/mol. The van der Waals surface area contributed by atoms with Crippen LogP contribution in [0.4, 0.5) is 4.39 Å². The molecule has 2 N–H and O–H groups in total. The van der Waals surface area contributed by atoms with Crippen LogP contribution in [0.1, 0.15) is 18.4 Å². The molecule has 0 fully saturated rings. The molecule has 0 saturated heterocycles. The van der Waals surface area contributed by atoms with E-state index in [4.69, 9.17) is 15.2 Å². The summed E-state index contributed by atoms with van der Waals surface area (Å²) in [5.41, 5.74) is 5.31. The van der Waals surface area contributed by atoms with Gasteiger partial charge in [-0.15, -0.1) is 0 Å². The number of hydrogen-bond donors (Lipinski definition) is 1. The van der Waals surface area contributed by atoms with E-state index in [9.17, 15) is 9.18 Å². The van der Waals surface area contributed by atoms with Gasteiger partial charge in [0.2, 0.25) is 0 Å². The molecule has 0 amide bonds. The van der Waals surface area contributed by atoms with E-state index in [1.165, 1.54) is 19.2 Å². The lowest BCUT2D eigenvalue weighted by Gasteiger charge is -2.30. The maximum Gasteiger partial charge on any atom is 0.317 e. The molecule has 1 aromatic rings. The Bertz CT molecular complexity index is 425. The summed E-state index contributed by atoms with van der Waals surface area (Å²) in [7, 11) is 2.90. The maximum absolute atomic E-state index is 13.4. The molecule has 1 aromatic carbocycles. The third-order valence-electron chi connectivity index (χ3n) is 3.25. The van der Waals surface area contributed by atoms with E-state index in [1.54, 1.807) is 19.2 Å². The van der Waals surface area contributed by atoms with Gasteiger partial charge in [-0.1, -0.05) is 12.1 Å². The van der Waals surface area contributed by atoms with Crippen molar-refractivity contribution in [3.8, 4) is 0 Å². The van der Waals surface area contributed by atoms with Gasteiger partial charge in [0.25, 0.3) is 0 Å². The largest absolute Gasteiger partial charge is 0.468 e. The summed E-state index contributed by atoms with van der Waals surface area (Å²) in [4.78, 5) is 12.1. The number of halogens is 1. The second-order valence-electron chi connectivity index (χ2n) is 4.38. The molecule has 0 spiro atoms. The Morgan fingerprint density at radius 2 is 2.16 bits per heavy atom. The highest BCUT2D eigenvalue weighted by Crippen LogP contribution is 2.30. The zero-order valence-corrected chi connectivity index (χ0v) is 11.3. The Balaban J connectivity index is 3.12. The molecule has 19 heavy (non-hydrogen) atoms. The summed E-state index contributed by atoms with van der Waals surface area (Å²) in [6.07, 6.45) is 1.09. The fourth-order valence-corrected chi connectivity index (χ4v) is 2.17. The van der Waals surface area contributed by atoms with Crippen LogP contribution in [0.5, 0.6) is 0 Å². The molecule has 0 aliphatic heterocycles. The van der Waals surface area contributed by atoms with Crippen molar-refractivity contribution in [3.63, 3.8) is 0 Å². The van der Waals surface area contributed by atoms with Crippen LogP contribution in [0.25, 0.3) is 0 Å². The normalized spacial score (nSPS) is 13.9. The SMILES string of the molecule is COCCCC(CN)(C(=O)OC)c1cccc(F)c1. The van der Waals surface area contributed by atoms with Crippen LogP contribution >= 0.6 is 0 Å². The third-order valence-corrected chi connectivity index (χ3v) is 3.25. The maximum atomic E-state index is 13.4. The lowest BCUT2D eigenvalue weighted by molar-refractivity contribution is -0.147. The predicted molar refractivity (Wildman–Crippen MR) is 70.3 cm³/mol. The lowest BCUT2D eigenvalue weighted by Crippen LogP contribution is -2.44. The Kier molecular flexibility index (Phi) is 5.92. The van der Waals surface area contributed by atoms with Crippen LogP contribution < -0.4 is 5.73 Å². The highest BCUT2D eigenvalue weighted by molar-refractivity contribution is 5.83. The average Bonchev–Trinajstić information content (AvgIpc) is 2.43. The first-order valence-corrected chi connectivity index (χ1v) is 6.14. The zero-order chi connectivity index (χ0) is 14.3. The van der Waals surface area contributed by atoms with Crippen LogP contribution in [-0.4, -0.2) is 33.3 Å². The number of ether oxygens (including phenoxy) is 2. The van der Waals surface area contributed by atoms with Gasteiger partial charge in [0.15, 0.2) is 0 Å². The quantitative estimate of drug-likeness (QED) is 0.603. The number of esters is 1. The molecule has 0 saturated carbocycles. The average molecular weight is 269 g/mol. The molecule has 106 valence electrons. The monoisotopic (exact) mass is 269 g/mol. The van der Waals surface area contributed by atoms with Crippen molar-refractivity contribution in [2.75, 3.05) is 27.4 Å². The second-order valence-corrected chi connectivity index (χ2v) is 4.38. The molecule has 1 unspecified atom stereocenters. The van der Waals surface area contributed by atoms with Gasteiger partial charge >= 0.3 is 5.97 Å². The van der Waals surface area contributed by atoms with Crippen molar-refractivity contribution in [2.24, 2.45) is 5.73 Å². The third kappa shape index (κ3) is 3.52. The van der Waals surface area contributed by atoms with Crippen LogP contribution in [0.2, 0.25) is 0 Å². The summed E-state index contributed by atoms with van der Waals surface area (Å²) >= 11 is 0. The van der Waals surface area contributed by atoms with E-state index in [2.05, 4.69) is 0 Å². The van der Waals surface area contributed by atoms with Crippen molar-refractivity contribution in [1.82, 2.24) is 0 Å². The Morgan fingerprint density at radius 1 is 1.42 bits per heavy atom. The van der Waals surface area contributed by atoms with E-state index in [0.29, 0.717) is 25.0 Å². The summed E-state index contributed by atoms with van der Waals surface area (Å²) in [6, 6.07) is 5.92. The van der Waals surface area contributed by atoms with Crippen LogP contribution in [0, 0.1) is 5.82 Å². The Labute approximate surface area is 112 Å². The second kappa shape index (κ2) is 7.21. The first-order valence-electron chi connectivity index (χ1n) is 6.14. The van der Waals surface area contributed by atoms with Crippen molar-refractivity contribution in [1.29, 1.82) is 0 Å². The van der Waals surface area contributed by atoms with E-state index in [0.717, 1.165) is 0 Å². The number of hydrogen-bond acceptors (Lipinski definition) is 4.